The fraction of sp³-hybridized carbons (Fsp3) is 0.846. The number of rotatable bonds is 0. The Balaban J connectivity index is 2.02. The molecule has 0 spiro atoms. The molecule has 3 heteroatoms. The molecule has 3 aliphatic rings. The minimum absolute atomic E-state index is 0.122. The fourth-order valence-electron chi connectivity index (χ4n) is 4.29. The van der Waals surface area contributed by atoms with Gasteiger partial charge in [-0.3, -0.25) is 4.90 Å². The van der Waals surface area contributed by atoms with Gasteiger partial charge in [0, 0.05) is 30.6 Å². The molecule has 0 aromatic carbocycles. The van der Waals surface area contributed by atoms with Gasteiger partial charge in [-0.05, 0) is 26.3 Å². The van der Waals surface area contributed by atoms with Crippen molar-refractivity contribution in [3.63, 3.8) is 0 Å². The van der Waals surface area contributed by atoms with Gasteiger partial charge < -0.3 is 10.0 Å². The largest absolute Gasteiger partial charge is 0.393 e. The average Bonchev–Trinajstić information content (AvgIpc) is 2.65. The van der Waals surface area contributed by atoms with Gasteiger partial charge in [0.15, 0.2) is 0 Å². The Labute approximate surface area is 97.7 Å². The molecule has 1 aliphatic carbocycles. The first-order chi connectivity index (χ1) is 7.54. The first-order valence-corrected chi connectivity index (χ1v) is 6.35. The van der Waals surface area contributed by atoms with E-state index in [0.717, 1.165) is 12.8 Å². The normalized spacial score (nSPS) is 47.9. The molecule has 0 amide bonds. The van der Waals surface area contributed by atoms with E-state index in [1.807, 2.05) is 0 Å². The summed E-state index contributed by atoms with van der Waals surface area (Å²) in [6, 6.07) is 0. The van der Waals surface area contributed by atoms with Crippen molar-refractivity contribution < 1.29 is 5.11 Å². The molecule has 2 saturated heterocycles. The quantitative estimate of drug-likeness (QED) is 0.668. The molecule has 3 rings (SSSR count). The van der Waals surface area contributed by atoms with Crippen molar-refractivity contribution in [2.75, 3.05) is 20.6 Å². The molecule has 2 heterocycles. The lowest BCUT2D eigenvalue weighted by Crippen LogP contribution is -2.41. The second-order valence-corrected chi connectivity index (χ2v) is 6.03. The highest BCUT2D eigenvalue weighted by molar-refractivity contribution is 5.24. The maximum absolute atomic E-state index is 9.87. The Morgan fingerprint density at radius 1 is 1.44 bits per heavy atom. The Bertz CT molecular complexity index is 341. The van der Waals surface area contributed by atoms with Crippen LogP contribution in [0, 0.1) is 11.3 Å². The minimum Gasteiger partial charge on any atom is -0.393 e. The lowest BCUT2D eigenvalue weighted by atomic mass is 9.71. The van der Waals surface area contributed by atoms with Crippen LogP contribution in [-0.4, -0.2) is 47.8 Å². The van der Waals surface area contributed by atoms with Crippen LogP contribution in [0.25, 0.3) is 0 Å². The van der Waals surface area contributed by atoms with E-state index in [1.54, 1.807) is 0 Å². The Morgan fingerprint density at radius 2 is 2.19 bits per heavy atom. The summed E-state index contributed by atoms with van der Waals surface area (Å²) < 4.78 is 0. The van der Waals surface area contributed by atoms with Gasteiger partial charge in [0.25, 0.3) is 0 Å². The average molecular weight is 222 g/mol. The van der Waals surface area contributed by atoms with E-state index in [4.69, 9.17) is 0 Å². The molecule has 0 saturated carbocycles. The predicted octanol–water partition coefficient (Wildman–Crippen LogP) is 1.25. The zero-order valence-corrected chi connectivity index (χ0v) is 10.5. The van der Waals surface area contributed by atoms with E-state index in [9.17, 15) is 5.11 Å². The highest BCUT2D eigenvalue weighted by Crippen LogP contribution is 2.56. The zero-order chi connectivity index (χ0) is 11.5. The van der Waals surface area contributed by atoms with E-state index >= 15 is 0 Å². The van der Waals surface area contributed by atoms with Crippen LogP contribution < -0.4 is 0 Å². The Hall–Kier alpha value is -0.540. The molecule has 3 nitrogen and oxygen atoms in total. The first-order valence-electron chi connectivity index (χ1n) is 6.35. The van der Waals surface area contributed by atoms with Crippen LogP contribution in [0.5, 0.6) is 0 Å². The van der Waals surface area contributed by atoms with E-state index in [0.29, 0.717) is 17.5 Å². The second kappa shape index (κ2) is 3.23. The number of aliphatic hydroxyl groups excluding tert-OH is 1. The summed E-state index contributed by atoms with van der Waals surface area (Å²) in [4.78, 5) is 4.91. The molecule has 1 N–H and O–H groups in total. The molecule has 0 aromatic heterocycles. The summed E-state index contributed by atoms with van der Waals surface area (Å²) in [5, 5.41) is 9.87. The zero-order valence-electron chi connectivity index (χ0n) is 10.5. The molecule has 2 fully saturated rings. The summed E-state index contributed by atoms with van der Waals surface area (Å²) in [6.07, 6.45) is 5.72. The van der Waals surface area contributed by atoms with Gasteiger partial charge in [-0.15, -0.1) is 0 Å². The van der Waals surface area contributed by atoms with Crippen LogP contribution in [-0.2, 0) is 0 Å². The molecular formula is C13H22N2O. The van der Waals surface area contributed by atoms with Crippen molar-refractivity contribution in [1.82, 2.24) is 9.80 Å². The van der Waals surface area contributed by atoms with Crippen LogP contribution in [0.15, 0.2) is 11.8 Å². The fourth-order valence-corrected chi connectivity index (χ4v) is 4.29. The van der Waals surface area contributed by atoms with Gasteiger partial charge in [-0.25, -0.2) is 0 Å². The van der Waals surface area contributed by atoms with Gasteiger partial charge in [0.05, 0.1) is 12.3 Å². The minimum atomic E-state index is -0.122. The predicted molar refractivity (Wildman–Crippen MR) is 63.7 cm³/mol. The molecule has 4 atom stereocenters. The summed E-state index contributed by atoms with van der Waals surface area (Å²) in [7, 11) is 4.44. The number of nitrogens with zero attached hydrogens (tertiary/aromatic N) is 2. The molecule has 0 bridgehead atoms. The summed E-state index contributed by atoms with van der Waals surface area (Å²) in [5.74, 6) is 0.566. The van der Waals surface area contributed by atoms with Crippen LogP contribution >= 0.6 is 0 Å². The van der Waals surface area contributed by atoms with E-state index in [1.165, 1.54) is 18.7 Å². The maximum Gasteiger partial charge on any atom is 0.0873 e. The SMILES string of the molecule is CN1CCC2(C)C3CC(O)CC=C3N(C)C12. The molecule has 0 aromatic rings. The van der Waals surface area contributed by atoms with E-state index < -0.39 is 0 Å². The van der Waals surface area contributed by atoms with Crippen molar-refractivity contribution in [1.29, 1.82) is 0 Å². The summed E-state index contributed by atoms with van der Waals surface area (Å²) in [5.41, 5.74) is 1.82. The van der Waals surface area contributed by atoms with Crippen molar-refractivity contribution in [2.45, 2.75) is 38.5 Å². The van der Waals surface area contributed by atoms with Crippen LogP contribution in [0.4, 0.5) is 0 Å². The number of allylic oxidation sites excluding steroid dienone is 1. The molecule has 16 heavy (non-hydrogen) atoms. The van der Waals surface area contributed by atoms with Crippen molar-refractivity contribution in [2.24, 2.45) is 11.3 Å². The third-order valence-corrected chi connectivity index (χ3v) is 5.04. The number of fused-ring (bicyclic) bond motifs is 3. The van der Waals surface area contributed by atoms with Crippen LogP contribution in [0.2, 0.25) is 0 Å². The van der Waals surface area contributed by atoms with Gasteiger partial charge in [0.1, 0.15) is 0 Å². The van der Waals surface area contributed by atoms with Crippen LogP contribution in [0.1, 0.15) is 26.2 Å². The monoisotopic (exact) mass is 222 g/mol. The number of aliphatic hydroxyl groups is 1. The van der Waals surface area contributed by atoms with Crippen molar-refractivity contribution in [3.8, 4) is 0 Å². The van der Waals surface area contributed by atoms with E-state index in [2.05, 4.69) is 36.9 Å². The molecule has 2 aliphatic heterocycles. The highest BCUT2D eigenvalue weighted by Gasteiger charge is 2.57. The maximum atomic E-state index is 9.87. The Kier molecular flexibility index (Phi) is 2.14. The van der Waals surface area contributed by atoms with Gasteiger partial charge >= 0.3 is 0 Å². The van der Waals surface area contributed by atoms with Crippen molar-refractivity contribution in [3.05, 3.63) is 11.8 Å². The standard InChI is InChI=1S/C13H22N2O/c1-13-6-7-14(2)12(13)15(3)11-5-4-9(16)8-10(11)13/h5,9-10,12,16H,4,6-8H2,1-3H3. The molecule has 90 valence electrons. The van der Waals surface area contributed by atoms with Crippen LogP contribution in [0.3, 0.4) is 0 Å². The summed E-state index contributed by atoms with van der Waals surface area (Å²) in [6.45, 7) is 3.59. The summed E-state index contributed by atoms with van der Waals surface area (Å²) >= 11 is 0. The highest BCUT2D eigenvalue weighted by atomic mass is 16.3. The smallest absolute Gasteiger partial charge is 0.0873 e. The van der Waals surface area contributed by atoms with Gasteiger partial charge in [0.2, 0.25) is 0 Å². The Morgan fingerprint density at radius 3 is 2.94 bits per heavy atom. The number of likely N-dealkylation sites (tertiary alicyclic amines) is 2. The number of hydrogen-bond acceptors (Lipinski definition) is 3. The topological polar surface area (TPSA) is 26.7 Å². The lowest BCUT2D eigenvalue weighted by molar-refractivity contribution is 0.0842. The molecular weight excluding hydrogens is 200 g/mol. The first kappa shape index (κ1) is 10.6. The molecule has 4 unspecified atom stereocenters. The number of hydrogen-bond donors (Lipinski definition) is 1. The van der Waals surface area contributed by atoms with Gasteiger partial charge in [-0.2, -0.15) is 0 Å². The third-order valence-electron chi connectivity index (χ3n) is 5.04. The van der Waals surface area contributed by atoms with Crippen molar-refractivity contribution >= 4 is 0 Å². The van der Waals surface area contributed by atoms with Gasteiger partial charge in [-0.1, -0.05) is 13.0 Å². The third kappa shape index (κ3) is 1.16. The molecule has 0 radical (unpaired) electrons. The van der Waals surface area contributed by atoms with E-state index in [-0.39, 0.29) is 6.10 Å². The lowest BCUT2D eigenvalue weighted by Gasteiger charge is -2.33. The second-order valence-electron chi connectivity index (χ2n) is 6.03.